The molecule has 1 aromatic carbocycles. The Bertz CT molecular complexity index is 824. The first-order chi connectivity index (χ1) is 11.6. The number of rotatable bonds is 6. The van der Waals surface area contributed by atoms with Gasteiger partial charge in [0, 0.05) is 32.7 Å². The minimum atomic E-state index is -3.83. The SMILES string of the molecule is Cc1ccc(S(=O)(=O)N(C)C(C)CN)cc1S(=O)(=O)N1CCOCC1.Cl. The van der Waals surface area contributed by atoms with Crippen LogP contribution in [0.5, 0.6) is 0 Å². The summed E-state index contributed by atoms with van der Waals surface area (Å²) >= 11 is 0. The van der Waals surface area contributed by atoms with Crippen molar-refractivity contribution in [1.82, 2.24) is 8.61 Å². The van der Waals surface area contributed by atoms with Crippen LogP contribution in [-0.2, 0) is 24.8 Å². The number of nitrogens with two attached hydrogens (primary N) is 1. The second-order valence-corrected chi connectivity index (χ2v) is 9.95. The normalized spacial score (nSPS) is 17.7. The fourth-order valence-corrected chi connectivity index (χ4v) is 5.63. The van der Waals surface area contributed by atoms with E-state index in [1.165, 1.54) is 29.6 Å². The Balaban J connectivity index is 0.00000338. The van der Waals surface area contributed by atoms with Gasteiger partial charge in [-0.25, -0.2) is 16.8 Å². The number of benzene rings is 1. The number of sulfonamides is 2. The van der Waals surface area contributed by atoms with Gasteiger partial charge in [0.25, 0.3) is 0 Å². The van der Waals surface area contributed by atoms with Crippen LogP contribution < -0.4 is 5.73 Å². The van der Waals surface area contributed by atoms with Gasteiger partial charge in [-0.15, -0.1) is 12.4 Å². The van der Waals surface area contributed by atoms with Gasteiger partial charge in [0.2, 0.25) is 20.0 Å². The molecule has 1 unspecified atom stereocenters. The van der Waals surface area contributed by atoms with Gasteiger partial charge >= 0.3 is 0 Å². The fourth-order valence-electron chi connectivity index (χ4n) is 2.50. The lowest BCUT2D eigenvalue weighted by molar-refractivity contribution is 0.0730. The lowest BCUT2D eigenvalue weighted by atomic mass is 10.2. The Labute approximate surface area is 161 Å². The maximum atomic E-state index is 12.9. The van der Waals surface area contributed by atoms with E-state index in [-0.39, 0.29) is 41.8 Å². The number of aryl methyl sites for hydroxylation is 1. The lowest BCUT2D eigenvalue weighted by Gasteiger charge is -2.27. The molecule has 0 saturated carbocycles. The molecule has 150 valence electrons. The number of halogens is 1. The number of morpholine rings is 1. The van der Waals surface area contributed by atoms with Gasteiger partial charge in [-0.3, -0.25) is 0 Å². The molecule has 2 N–H and O–H groups in total. The molecule has 1 fully saturated rings. The molecule has 0 spiro atoms. The van der Waals surface area contributed by atoms with Crippen molar-refractivity contribution < 1.29 is 21.6 Å². The molecule has 11 heteroatoms. The van der Waals surface area contributed by atoms with Crippen molar-refractivity contribution in [2.45, 2.75) is 29.7 Å². The highest BCUT2D eigenvalue weighted by molar-refractivity contribution is 7.90. The number of hydrogen-bond acceptors (Lipinski definition) is 6. The summed E-state index contributed by atoms with van der Waals surface area (Å²) in [6.07, 6.45) is 0. The zero-order valence-electron chi connectivity index (χ0n) is 15.1. The molecule has 1 aliphatic rings. The first-order valence-corrected chi connectivity index (χ1v) is 10.9. The van der Waals surface area contributed by atoms with Gasteiger partial charge in [-0.05, 0) is 31.5 Å². The van der Waals surface area contributed by atoms with Crippen LogP contribution in [0.4, 0.5) is 0 Å². The van der Waals surface area contributed by atoms with Crippen molar-refractivity contribution in [1.29, 1.82) is 0 Å². The molecule has 0 aromatic heterocycles. The minimum Gasteiger partial charge on any atom is -0.379 e. The standard InChI is InChI=1S/C15H25N3O5S2.ClH/c1-12-4-5-14(24(19,20)17(3)13(2)11-16)10-15(12)25(21,22)18-6-8-23-9-7-18;/h4-5,10,13H,6-9,11,16H2,1-3H3;1H. The molecule has 0 amide bonds. The Morgan fingerprint density at radius 3 is 2.35 bits per heavy atom. The third kappa shape index (κ3) is 4.56. The summed E-state index contributed by atoms with van der Waals surface area (Å²) in [5.74, 6) is 0. The summed E-state index contributed by atoms with van der Waals surface area (Å²) < 4.78 is 58.9. The number of likely N-dealkylation sites (N-methyl/N-ethyl adjacent to an activating group) is 1. The zero-order chi connectivity index (χ0) is 18.8. The Kier molecular flexibility index (Phi) is 8.03. The predicted octanol–water partition coefficient (Wildman–Crippen LogP) is 0.405. The number of ether oxygens (including phenoxy) is 1. The van der Waals surface area contributed by atoms with Crippen LogP contribution in [0.25, 0.3) is 0 Å². The summed E-state index contributed by atoms with van der Waals surface area (Å²) in [6.45, 7) is 4.67. The van der Waals surface area contributed by atoms with E-state index < -0.39 is 26.1 Å². The average molecular weight is 428 g/mol. The van der Waals surface area contributed by atoms with Gasteiger partial charge in [0.1, 0.15) is 0 Å². The number of hydrogen-bond donors (Lipinski definition) is 1. The van der Waals surface area contributed by atoms with Crippen LogP contribution in [0.3, 0.4) is 0 Å². The predicted molar refractivity (Wildman–Crippen MR) is 101 cm³/mol. The maximum Gasteiger partial charge on any atom is 0.243 e. The van der Waals surface area contributed by atoms with Gasteiger partial charge in [-0.1, -0.05) is 6.07 Å². The lowest BCUT2D eigenvalue weighted by Crippen LogP contribution is -2.41. The quantitative estimate of drug-likeness (QED) is 0.703. The van der Waals surface area contributed by atoms with Crippen molar-refractivity contribution in [3.05, 3.63) is 23.8 Å². The van der Waals surface area contributed by atoms with E-state index in [1.807, 2.05) is 0 Å². The van der Waals surface area contributed by atoms with Gasteiger partial charge < -0.3 is 10.5 Å². The van der Waals surface area contributed by atoms with E-state index >= 15 is 0 Å². The van der Waals surface area contributed by atoms with E-state index in [2.05, 4.69) is 0 Å². The Morgan fingerprint density at radius 1 is 1.23 bits per heavy atom. The zero-order valence-corrected chi connectivity index (χ0v) is 17.5. The molecule has 1 aromatic rings. The van der Waals surface area contributed by atoms with Crippen molar-refractivity contribution in [2.75, 3.05) is 39.9 Å². The van der Waals surface area contributed by atoms with Crippen LogP contribution in [0, 0.1) is 6.92 Å². The molecule has 1 aliphatic heterocycles. The Morgan fingerprint density at radius 2 is 1.81 bits per heavy atom. The first kappa shape index (κ1) is 23.3. The minimum absolute atomic E-state index is 0. The summed E-state index contributed by atoms with van der Waals surface area (Å²) in [4.78, 5) is -0.0583. The third-order valence-corrected chi connectivity index (χ3v) is 8.39. The molecular formula is C15H26ClN3O5S2. The summed E-state index contributed by atoms with van der Waals surface area (Å²) in [5, 5.41) is 0. The summed E-state index contributed by atoms with van der Waals surface area (Å²) in [5.41, 5.74) is 6.05. The molecule has 1 saturated heterocycles. The van der Waals surface area contributed by atoms with Crippen molar-refractivity contribution in [3.63, 3.8) is 0 Å². The molecule has 26 heavy (non-hydrogen) atoms. The molecule has 2 rings (SSSR count). The van der Waals surface area contributed by atoms with Crippen LogP contribution >= 0.6 is 12.4 Å². The molecule has 0 radical (unpaired) electrons. The van der Waals surface area contributed by atoms with Crippen LogP contribution in [0.15, 0.2) is 28.0 Å². The molecule has 1 atom stereocenters. The highest BCUT2D eigenvalue weighted by Crippen LogP contribution is 2.26. The van der Waals surface area contributed by atoms with E-state index in [1.54, 1.807) is 13.8 Å². The van der Waals surface area contributed by atoms with E-state index in [9.17, 15) is 16.8 Å². The maximum absolute atomic E-state index is 12.9. The number of nitrogens with zero attached hydrogens (tertiary/aromatic N) is 2. The topological polar surface area (TPSA) is 110 Å². The van der Waals surface area contributed by atoms with Gasteiger partial charge in [0.05, 0.1) is 23.0 Å². The second kappa shape index (κ2) is 8.96. The first-order valence-electron chi connectivity index (χ1n) is 7.99. The van der Waals surface area contributed by atoms with E-state index in [4.69, 9.17) is 10.5 Å². The summed E-state index contributed by atoms with van der Waals surface area (Å²) in [6, 6.07) is 3.77. The van der Waals surface area contributed by atoms with Gasteiger partial charge in [0.15, 0.2) is 0 Å². The van der Waals surface area contributed by atoms with Crippen molar-refractivity contribution in [3.8, 4) is 0 Å². The molecular weight excluding hydrogens is 402 g/mol. The monoisotopic (exact) mass is 427 g/mol. The Hall–Kier alpha value is -0.750. The summed E-state index contributed by atoms with van der Waals surface area (Å²) in [7, 11) is -6.18. The fraction of sp³-hybridized carbons (Fsp3) is 0.600. The smallest absolute Gasteiger partial charge is 0.243 e. The van der Waals surface area contributed by atoms with Crippen molar-refractivity contribution in [2.24, 2.45) is 5.73 Å². The van der Waals surface area contributed by atoms with Gasteiger partial charge in [-0.2, -0.15) is 8.61 Å². The van der Waals surface area contributed by atoms with E-state index in [0.29, 0.717) is 18.8 Å². The second-order valence-electron chi connectivity index (χ2n) is 6.05. The molecule has 1 heterocycles. The molecule has 8 nitrogen and oxygen atoms in total. The third-order valence-electron chi connectivity index (χ3n) is 4.39. The largest absolute Gasteiger partial charge is 0.379 e. The van der Waals surface area contributed by atoms with Crippen molar-refractivity contribution >= 4 is 32.5 Å². The van der Waals surface area contributed by atoms with Crippen LogP contribution in [0.2, 0.25) is 0 Å². The average Bonchev–Trinajstić information content (AvgIpc) is 2.61. The van der Waals surface area contributed by atoms with Crippen LogP contribution in [0.1, 0.15) is 12.5 Å². The molecule has 0 bridgehead atoms. The van der Waals surface area contributed by atoms with Crippen LogP contribution in [-0.4, -0.2) is 71.4 Å². The molecule has 0 aliphatic carbocycles. The van der Waals surface area contributed by atoms with E-state index in [0.717, 1.165) is 4.31 Å². The highest BCUT2D eigenvalue weighted by atomic mass is 35.5. The highest BCUT2D eigenvalue weighted by Gasteiger charge is 2.31.